The summed E-state index contributed by atoms with van der Waals surface area (Å²) in [5, 5.41) is 19.6. The van der Waals surface area contributed by atoms with Crippen molar-refractivity contribution in [1.82, 2.24) is 4.90 Å². The summed E-state index contributed by atoms with van der Waals surface area (Å²) < 4.78 is 5.22. The van der Waals surface area contributed by atoms with Crippen molar-refractivity contribution in [2.75, 3.05) is 13.7 Å². The van der Waals surface area contributed by atoms with E-state index >= 15 is 0 Å². The number of methoxy groups -OCH3 is 1. The highest BCUT2D eigenvalue weighted by molar-refractivity contribution is 5.82. The van der Waals surface area contributed by atoms with E-state index in [0.717, 1.165) is 41.7 Å². The maximum atomic E-state index is 12.7. The molecule has 2 aromatic carbocycles. The minimum Gasteiger partial charge on any atom is -0.497 e. The maximum absolute atomic E-state index is 12.7. The number of rotatable bonds is 4. The first-order chi connectivity index (χ1) is 14.7. The van der Waals surface area contributed by atoms with Gasteiger partial charge in [0.05, 0.1) is 25.8 Å². The summed E-state index contributed by atoms with van der Waals surface area (Å²) in [6.07, 6.45) is 2.83. The predicted molar refractivity (Wildman–Crippen MR) is 113 cm³/mol. The van der Waals surface area contributed by atoms with Crippen molar-refractivity contribution in [3.05, 3.63) is 65.2 Å². The van der Waals surface area contributed by atoms with Crippen LogP contribution in [0, 0.1) is 29.1 Å². The standard InChI is InChI=1S/C25H24N2O3/c1-30-21-7-2-4-18(14-21)9-8-17-10-12-19(13-11-17)24-22(15-26)27(23(24)16-28)25(29)20-5-3-6-20/h2,4,7,10-14,20,22-24,28H,3,5-6,16H2,1H3/t22-,23+,24-/m1/s1. The number of nitrogens with zero attached hydrogens (tertiary/aromatic N) is 2. The van der Waals surface area contributed by atoms with Crippen LogP contribution in [0.15, 0.2) is 48.5 Å². The smallest absolute Gasteiger partial charge is 0.227 e. The number of amides is 1. The number of benzene rings is 2. The molecule has 1 N–H and O–H groups in total. The Morgan fingerprint density at radius 2 is 1.90 bits per heavy atom. The zero-order valence-electron chi connectivity index (χ0n) is 16.9. The molecule has 0 spiro atoms. The van der Waals surface area contributed by atoms with E-state index in [9.17, 15) is 15.2 Å². The van der Waals surface area contributed by atoms with E-state index in [2.05, 4.69) is 17.9 Å². The van der Waals surface area contributed by atoms with E-state index in [-0.39, 0.29) is 30.4 Å². The minimum absolute atomic E-state index is 0.0175. The van der Waals surface area contributed by atoms with Crippen molar-refractivity contribution < 1.29 is 14.6 Å². The Balaban J connectivity index is 1.50. The molecule has 1 heterocycles. The van der Waals surface area contributed by atoms with E-state index < -0.39 is 6.04 Å². The molecule has 2 aliphatic rings. The molecule has 5 heteroatoms. The third-order valence-electron chi connectivity index (χ3n) is 6.16. The van der Waals surface area contributed by atoms with Crippen LogP contribution in [0.2, 0.25) is 0 Å². The molecule has 0 unspecified atom stereocenters. The monoisotopic (exact) mass is 400 g/mol. The fourth-order valence-corrected chi connectivity index (χ4v) is 4.21. The van der Waals surface area contributed by atoms with Gasteiger partial charge in [-0.15, -0.1) is 0 Å². The van der Waals surface area contributed by atoms with Gasteiger partial charge >= 0.3 is 0 Å². The zero-order chi connectivity index (χ0) is 21.1. The number of nitriles is 1. The molecular weight excluding hydrogens is 376 g/mol. The Morgan fingerprint density at radius 3 is 2.50 bits per heavy atom. The van der Waals surface area contributed by atoms with Gasteiger partial charge in [0.1, 0.15) is 11.8 Å². The van der Waals surface area contributed by atoms with Crippen molar-refractivity contribution in [2.24, 2.45) is 5.92 Å². The number of hydrogen-bond acceptors (Lipinski definition) is 4. The van der Waals surface area contributed by atoms with Crippen LogP contribution >= 0.6 is 0 Å². The van der Waals surface area contributed by atoms with E-state index in [4.69, 9.17) is 4.74 Å². The van der Waals surface area contributed by atoms with Crippen molar-refractivity contribution in [2.45, 2.75) is 37.3 Å². The number of carbonyl (C=O) groups excluding carboxylic acids is 1. The average Bonchev–Trinajstić information content (AvgIpc) is 2.72. The van der Waals surface area contributed by atoms with Crippen LogP contribution in [-0.2, 0) is 4.79 Å². The molecule has 0 radical (unpaired) electrons. The van der Waals surface area contributed by atoms with Crippen molar-refractivity contribution in [3.8, 4) is 23.7 Å². The molecule has 2 aromatic rings. The van der Waals surface area contributed by atoms with Gasteiger partial charge in [0.15, 0.2) is 0 Å². The van der Waals surface area contributed by atoms with E-state index in [1.165, 1.54) is 0 Å². The maximum Gasteiger partial charge on any atom is 0.227 e. The molecule has 0 bridgehead atoms. The van der Waals surface area contributed by atoms with Gasteiger partial charge in [-0.05, 0) is 48.7 Å². The summed E-state index contributed by atoms with van der Waals surface area (Å²) in [4.78, 5) is 14.3. The van der Waals surface area contributed by atoms with Gasteiger partial charge in [0.2, 0.25) is 5.91 Å². The molecule has 30 heavy (non-hydrogen) atoms. The fourth-order valence-electron chi connectivity index (χ4n) is 4.21. The third kappa shape index (κ3) is 3.65. The van der Waals surface area contributed by atoms with Crippen LogP contribution in [-0.4, -0.2) is 41.7 Å². The molecule has 152 valence electrons. The number of hydrogen-bond donors (Lipinski definition) is 1. The molecule has 2 fully saturated rings. The summed E-state index contributed by atoms with van der Waals surface area (Å²) in [5.74, 6) is 6.89. The third-order valence-corrected chi connectivity index (χ3v) is 6.16. The Labute approximate surface area is 176 Å². The topological polar surface area (TPSA) is 73.6 Å². The van der Waals surface area contributed by atoms with Gasteiger partial charge in [0, 0.05) is 23.0 Å². The van der Waals surface area contributed by atoms with Crippen LogP contribution in [0.3, 0.4) is 0 Å². The second-order valence-corrected chi connectivity index (χ2v) is 7.83. The highest BCUT2D eigenvalue weighted by Gasteiger charge is 2.53. The van der Waals surface area contributed by atoms with E-state index in [1.54, 1.807) is 12.0 Å². The van der Waals surface area contributed by atoms with Gasteiger partial charge in [0.25, 0.3) is 0 Å². The Kier molecular flexibility index (Phi) is 5.74. The summed E-state index contributed by atoms with van der Waals surface area (Å²) in [5.41, 5.74) is 2.68. The van der Waals surface area contributed by atoms with Gasteiger partial charge in [-0.25, -0.2) is 0 Å². The second kappa shape index (κ2) is 8.61. The first-order valence-corrected chi connectivity index (χ1v) is 10.2. The molecule has 1 aliphatic carbocycles. The Bertz CT molecular complexity index is 1020. The van der Waals surface area contributed by atoms with Gasteiger partial charge in [-0.3, -0.25) is 4.79 Å². The molecule has 1 aliphatic heterocycles. The zero-order valence-corrected chi connectivity index (χ0v) is 16.9. The lowest BCUT2D eigenvalue weighted by Gasteiger charge is -2.53. The lowest BCUT2D eigenvalue weighted by atomic mass is 9.73. The fraction of sp³-hybridized carbons (Fsp3) is 0.360. The van der Waals surface area contributed by atoms with Crippen LogP contribution in [0.1, 0.15) is 41.9 Å². The van der Waals surface area contributed by atoms with E-state index in [0.29, 0.717) is 0 Å². The van der Waals surface area contributed by atoms with Crippen LogP contribution in [0.5, 0.6) is 5.75 Å². The molecule has 1 saturated carbocycles. The second-order valence-electron chi connectivity index (χ2n) is 7.83. The molecule has 4 rings (SSSR count). The minimum atomic E-state index is -0.524. The quantitative estimate of drug-likeness (QED) is 0.801. The van der Waals surface area contributed by atoms with Crippen LogP contribution < -0.4 is 4.74 Å². The van der Waals surface area contributed by atoms with Gasteiger partial charge in [-0.2, -0.15) is 5.26 Å². The largest absolute Gasteiger partial charge is 0.497 e. The molecule has 1 amide bonds. The highest BCUT2D eigenvalue weighted by Crippen LogP contribution is 2.43. The first kappa shape index (κ1) is 20.0. The summed E-state index contributed by atoms with van der Waals surface area (Å²) in [7, 11) is 1.63. The Hall–Kier alpha value is -3.28. The number of aliphatic hydroxyl groups is 1. The molecular formula is C25H24N2O3. The number of likely N-dealkylation sites (tertiary alicyclic amines) is 1. The number of carbonyl (C=O) groups is 1. The lowest BCUT2D eigenvalue weighted by Crippen LogP contribution is -2.66. The normalized spacial score (nSPS) is 22.7. The van der Waals surface area contributed by atoms with Crippen molar-refractivity contribution in [1.29, 1.82) is 5.26 Å². The first-order valence-electron chi connectivity index (χ1n) is 10.2. The summed E-state index contributed by atoms with van der Waals surface area (Å²) in [6, 6.07) is 16.7. The lowest BCUT2D eigenvalue weighted by molar-refractivity contribution is -0.154. The molecule has 0 aromatic heterocycles. The highest BCUT2D eigenvalue weighted by atomic mass is 16.5. The molecule has 1 saturated heterocycles. The van der Waals surface area contributed by atoms with Gasteiger partial charge in [-0.1, -0.05) is 36.5 Å². The molecule has 3 atom stereocenters. The number of aliphatic hydroxyl groups excluding tert-OH is 1. The summed E-state index contributed by atoms with van der Waals surface area (Å²) >= 11 is 0. The Morgan fingerprint density at radius 1 is 1.17 bits per heavy atom. The average molecular weight is 400 g/mol. The SMILES string of the molecule is COc1cccc(C#Cc2ccc([C@@H]3[C@@H](C#N)N(C(=O)C4CCC4)[C@H]3CO)cc2)c1. The van der Waals surface area contributed by atoms with Crippen molar-refractivity contribution in [3.63, 3.8) is 0 Å². The van der Waals surface area contributed by atoms with Crippen LogP contribution in [0.4, 0.5) is 0 Å². The number of ether oxygens (including phenoxy) is 1. The van der Waals surface area contributed by atoms with Crippen molar-refractivity contribution >= 4 is 5.91 Å². The van der Waals surface area contributed by atoms with Gasteiger partial charge < -0.3 is 14.7 Å². The van der Waals surface area contributed by atoms with Crippen LogP contribution in [0.25, 0.3) is 0 Å². The molecule has 5 nitrogen and oxygen atoms in total. The van der Waals surface area contributed by atoms with E-state index in [1.807, 2.05) is 48.5 Å². The summed E-state index contributed by atoms with van der Waals surface area (Å²) in [6.45, 7) is -0.140. The predicted octanol–water partition coefficient (Wildman–Crippen LogP) is 3.07.